The predicted molar refractivity (Wildman–Crippen MR) is 40.7 cm³/mol. The molecule has 2 rings (SSSR count). The highest BCUT2D eigenvalue weighted by Gasteiger charge is 2.49. The third kappa shape index (κ3) is 0.800. The lowest BCUT2D eigenvalue weighted by Gasteiger charge is -2.55. The van der Waals surface area contributed by atoms with Crippen LogP contribution in [0.15, 0.2) is 0 Å². The first-order valence-electron chi connectivity index (χ1n) is 4.40. The van der Waals surface area contributed by atoms with Crippen LogP contribution in [0, 0.1) is 11.3 Å². The average Bonchev–Trinajstić information content (AvgIpc) is 1.54. The lowest BCUT2D eigenvalue weighted by atomic mass is 9.51. The Bertz CT molecular complexity index is 128. The molecule has 10 heavy (non-hydrogen) atoms. The molecule has 1 atom stereocenters. The fourth-order valence-electron chi connectivity index (χ4n) is 2.48. The molecule has 1 nitrogen and oxygen atoms in total. The highest BCUT2D eigenvalue weighted by atomic mass is 16.3. The molecular weight excluding hydrogens is 124 g/mol. The van der Waals surface area contributed by atoms with Gasteiger partial charge in [-0.05, 0) is 43.9 Å². The van der Waals surface area contributed by atoms with Gasteiger partial charge in [0.1, 0.15) is 0 Å². The van der Waals surface area contributed by atoms with Gasteiger partial charge < -0.3 is 5.11 Å². The van der Waals surface area contributed by atoms with Gasteiger partial charge in [-0.1, -0.05) is 6.42 Å². The van der Waals surface area contributed by atoms with E-state index in [4.69, 9.17) is 0 Å². The van der Waals surface area contributed by atoms with E-state index >= 15 is 0 Å². The number of hydrogen-bond acceptors (Lipinski definition) is 1. The number of aliphatic hydroxyl groups excluding tert-OH is 1. The van der Waals surface area contributed by atoms with E-state index in [9.17, 15) is 5.11 Å². The first-order valence-corrected chi connectivity index (χ1v) is 4.40. The Hall–Kier alpha value is -0.0400. The zero-order valence-electron chi connectivity index (χ0n) is 6.64. The van der Waals surface area contributed by atoms with Gasteiger partial charge >= 0.3 is 0 Å². The quantitative estimate of drug-likeness (QED) is 0.590. The van der Waals surface area contributed by atoms with E-state index < -0.39 is 0 Å². The van der Waals surface area contributed by atoms with Gasteiger partial charge in [0.2, 0.25) is 0 Å². The van der Waals surface area contributed by atoms with Crippen molar-refractivity contribution in [1.29, 1.82) is 0 Å². The maximum atomic E-state index is 9.22. The minimum atomic E-state index is -0.0498. The molecule has 0 amide bonds. The van der Waals surface area contributed by atoms with Gasteiger partial charge in [0.25, 0.3) is 0 Å². The minimum absolute atomic E-state index is 0.0498. The van der Waals surface area contributed by atoms with Crippen molar-refractivity contribution in [3.05, 3.63) is 0 Å². The molecule has 1 heteroatoms. The summed E-state index contributed by atoms with van der Waals surface area (Å²) in [4.78, 5) is 0. The maximum absolute atomic E-state index is 9.22. The zero-order chi connectivity index (χ0) is 7.19. The molecule has 2 saturated carbocycles. The van der Waals surface area contributed by atoms with Gasteiger partial charge in [0.15, 0.2) is 0 Å². The SMILES string of the molecule is CC(O)C1CC2(CCC2)C1. The molecular formula is C9H16O. The Balaban J connectivity index is 1.82. The molecule has 58 valence electrons. The Morgan fingerprint density at radius 2 is 2.00 bits per heavy atom. The summed E-state index contributed by atoms with van der Waals surface area (Å²) < 4.78 is 0. The molecule has 2 fully saturated rings. The molecule has 1 spiro atoms. The Morgan fingerprint density at radius 1 is 1.40 bits per heavy atom. The fraction of sp³-hybridized carbons (Fsp3) is 1.00. The van der Waals surface area contributed by atoms with Crippen molar-refractivity contribution in [2.24, 2.45) is 11.3 Å². The molecule has 1 N–H and O–H groups in total. The first kappa shape index (κ1) is 6.66. The molecule has 0 bridgehead atoms. The first-order chi connectivity index (χ1) is 4.72. The second-order valence-electron chi connectivity index (χ2n) is 4.26. The highest BCUT2D eigenvalue weighted by Crippen LogP contribution is 2.59. The van der Waals surface area contributed by atoms with Gasteiger partial charge in [0, 0.05) is 0 Å². The van der Waals surface area contributed by atoms with E-state index in [2.05, 4.69) is 0 Å². The summed E-state index contributed by atoms with van der Waals surface area (Å²) in [6.45, 7) is 1.93. The van der Waals surface area contributed by atoms with Crippen LogP contribution in [-0.4, -0.2) is 11.2 Å². The van der Waals surface area contributed by atoms with Crippen LogP contribution in [0.3, 0.4) is 0 Å². The van der Waals surface area contributed by atoms with E-state index in [0.717, 1.165) is 5.41 Å². The Kier molecular flexibility index (Phi) is 1.31. The molecule has 0 heterocycles. The Morgan fingerprint density at radius 3 is 2.30 bits per heavy atom. The average molecular weight is 140 g/mol. The van der Waals surface area contributed by atoms with Crippen LogP contribution in [0.4, 0.5) is 0 Å². The second-order valence-corrected chi connectivity index (χ2v) is 4.26. The minimum Gasteiger partial charge on any atom is -0.393 e. The number of aliphatic hydroxyl groups is 1. The lowest BCUT2D eigenvalue weighted by Crippen LogP contribution is -2.46. The van der Waals surface area contributed by atoms with Crippen molar-refractivity contribution < 1.29 is 5.11 Å². The van der Waals surface area contributed by atoms with Gasteiger partial charge in [-0.2, -0.15) is 0 Å². The van der Waals surface area contributed by atoms with Crippen LogP contribution in [0.1, 0.15) is 39.0 Å². The number of hydrogen-bond donors (Lipinski definition) is 1. The van der Waals surface area contributed by atoms with Crippen LogP contribution in [0.2, 0.25) is 0 Å². The fourth-order valence-corrected chi connectivity index (χ4v) is 2.48. The van der Waals surface area contributed by atoms with Crippen LogP contribution < -0.4 is 0 Å². The second kappa shape index (κ2) is 1.97. The molecule has 0 saturated heterocycles. The zero-order valence-corrected chi connectivity index (χ0v) is 6.64. The van der Waals surface area contributed by atoms with Gasteiger partial charge in [-0.3, -0.25) is 0 Å². The normalized spacial score (nSPS) is 33.0. The highest BCUT2D eigenvalue weighted by molar-refractivity contribution is 5.00. The van der Waals surface area contributed by atoms with Gasteiger partial charge in [-0.25, -0.2) is 0 Å². The van der Waals surface area contributed by atoms with Crippen molar-refractivity contribution >= 4 is 0 Å². The van der Waals surface area contributed by atoms with Crippen LogP contribution in [0.5, 0.6) is 0 Å². The predicted octanol–water partition coefficient (Wildman–Crippen LogP) is 1.95. The monoisotopic (exact) mass is 140 g/mol. The van der Waals surface area contributed by atoms with Gasteiger partial charge in [-0.15, -0.1) is 0 Å². The standard InChI is InChI=1S/C9H16O/c1-7(10)8-5-9(6-8)3-2-4-9/h7-8,10H,2-6H2,1H3. The summed E-state index contributed by atoms with van der Waals surface area (Å²) in [5, 5.41) is 9.22. The molecule has 0 aliphatic heterocycles. The summed E-state index contributed by atoms with van der Waals surface area (Å²) in [6.07, 6.45) is 6.89. The molecule has 0 aromatic rings. The molecule has 0 aromatic heterocycles. The van der Waals surface area contributed by atoms with E-state index in [0.29, 0.717) is 5.92 Å². The molecule has 2 aliphatic carbocycles. The molecule has 0 radical (unpaired) electrons. The van der Waals surface area contributed by atoms with Crippen LogP contribution >= 0.6 is 0 Å². The summed E-state index contributed by atoms with van der Waals surface area (Å²) in [7, 11) is 0. The summed E-state index contributed by atoms with van der Waals surface area (Å²) in [6, 6.07) is 0. The third-order valence-electron chi connectivity index (χ3n) is 3.49. The van der Waals surface area contributed by atoms with E-state index in [1.807, 2.05) is 6.92 Å². The third-order valence-corrected chi connectivity index (χ3v) is 3.49. The smallest absolute Gasteiger partial charge is 0.0540 e. The van der Waals surface area contributed by atoms with Crippen molar-refractivity contribution in [2.75, 3.05) is 0 Å². The molecule has 2 aliphatic rings. The van der Waals surface area contributed by atoms with Crippen molar-refractivity contribution in [2.45, 2.75) is 45.1 Å². The summed E-state index contributed by atoms with van der Waals surface area (Å²) >= 11 is 0. The topological polar surface area (TPSA) is 20.2 Å². The summed E-state index contributed by atoms with van der Waals surface area (Å²) in [5.41, 5.74) is 0.738. The van der Waals surface area contributed by atoms with Crippen LogP contribution in [-0.2, 0) is 0 Å². The molecule has 1 unspecified atom stereocenters. The van der Waals surface area contributed by atoms with Crippen molar-refractivity contribution in [3.8, 4) is 0 Å². The Labute approximate surface area is 62.4 Å². The van der Waals surface area contributed by atoms with E-state index in [-0.39, 0.29) is 6.10 Å². The summed E-state index contributed by atoms with van der Waals surface area (Å²) in [5.74, 6) is 0.639. The van der Waals surface area contributed by atoms with Crippen LogP contribution in [0.25, 0.3) is 0 Å². The van der Waals surface area contributed by atoms with Gasteiger partial charge in [0.05, 0.1) is 6.10 Å². The largest absolute Gasteiger partial charge is 0.393 e. The maximum Gasteiger partial charge on any atom is 0.0540 e. The lowest BCUT2D eigenvalue weighted by molar-refractivity contribution is -0.0737. The number of rotatable bonds is 1. The van der Waals surface area contributed by atoms with Crippen molar-refractivity contribution in [3.63, 3.8) is 0 Å². The van der Waals surface area contributed by atoms with E-state index in [1.54, 1.807) is 0 Å². The van der Waals surface area contributed by atoms with Crippen molar-refractivity contribution in [1.82, 2.24) is 0 Å². The molecule has 0 aromatic carbocycles. The van der Waals surface area contributed by atoms with E-state index in [1.165, 1.54) is 32.1 Å².